The highest BCUT2D eigenvalue weighted by Crippen LogP contribution is 2.30. The van der Waals surface area contributed by atoms with E-state index in [-0.39, 0.29) is 10.6 Å². The van der Waals surface area contributed by atoms with Crippen LogP contribution in [0.15, 0.2) is 58.6 Å². The maximum absolute atomic E-state index is 12.9. The molecule has 0 aliphatic carbocycles. The average Bonchev–Trinajstić information content (AvgIpc) is 3.27. The second-order valence-electron chi connectivity index (χ2n) is 6.87. The number of ether oxygens (including phenoxy) is 1. The third kappa shape index (κ3) is 5.05. The molecule has 3 rings (SSSR count). The Morgan fingerprint density at radius 2 is 1.87 bits per heavy atom. The number of benzene rings is 2. The number of nitrogens with zero attached hydrogens (tertiary/aromatic N) is 2. The maximum Gasteiger partial charge on any atom is 0.268 e. The van der Waals surface area contributed by atoms with Crippen molar-refractivity contribution in [2.24, 2.45) is 5.16 Å². The summed E-state index contributed by atoms with van der Waals surface area (Å²) in [5.74, 6) is -0.0374. The molecule has 0 fully saturated rings. The summed E-state index contributed by atoms with van der Waals surface area (Å²) in [5, 5.41) is 6.78. The van der Waals surface area contributed by atoms with Crippen molar-refractivity contribution in [2.45, 2.75) is 38.2 Å². The van der Waals surface area contributed by atoms with Crippen LogP contribution < -0.4 is 10.1 Å². The fourth-order valence-electron chi connectivity index (χ4n) is 3.29. The summed E-state index contributed by atoms with van der Waals surface area (Å²) in [6.45, 7) is 6.44. The molecule has 31 heavy (non-hydrogen) atoms. The molecule has 0 saturated carbocycles. The number of carbonyl (C=O) groups excluding carboxylic acids is 1. The monoisotopic (exact) mass is 445 g/mol. The van der Waals surface area contributed by atoms with Gasteiger partial charge in [-0.25, -0.2) is 8.42 Å². The normalized spacial score (nSPS) is 16.0. The molecule has 1 atom stereocenters. The molecule has 8 nitrogen and oxygen atoms in total. The van der Waals surface area contributed by atoms with E-state index >= 15 is 0 Å². The lowest BCUT2D eigenvalue weighted by molar-refractivity contribution is -0.125. The Hall–Kier alpha value is -2.91. The lowest BCUT2D eigenvalue weighted by Gasteiger charge is -2.20. The van der Waals surface area contributed by atoms with Crippen molar-refractivity contribution in [1.82, 2.24) is 4.31 Å². The zero-order valence-corrected chi connectivity index (χ0v) is 18.7. The molecule has 1 unspecified atom stereocenters. The number of anilines is 1. The summed E-state index contributed by atoms with van der Waals surface area (Å²) in [4.78, 5) is 18.3. The molecule has 166 valence electrons. The summed E-state index contributed by atoms with van der Waals surface area (Å²) in [6.07, 6.45) is -0.496. The van der Waals surface area contributed by atoms with Gasteiger partial charge in [-0.15, -0.1) is 0 Å². The molecule has 1 amide bonds. The maximum atomic E-state index is 12.9. The zero-order chi connectivity index (χ0) is 22.4. The van der Waals surface area contributed by atoms with E-state index in [0.717, 1.165) is 5.56 Å². The van der Waals surface area contributed by atoms with Crippen LogP contribution in [-0.2, 0) is 19.7 Å². The number of oxime groups is 1. The van der Waals surface area contributed by atoms with Gasteiger partial charge in [-0.2, -0.15) is 4.31 Å². The topological polar surface area (TPSA) is 97.3 Å². The molecule has 1 aliphatic heterocycles. The van der Waals surface area contributed by atoms with Crippen LogP contribution in [0.3, 0.4) is 0 Å². The molecular formula is C22H27N3O5S. The Morgan fingerprint density at radius 1 is 1.16 bits per heavy atom. The molecule has 0 spiro atoms. The van der Waals surface area contributed by atoms with Gasteiger partial charge in [0.25, 0.3) is 5.91 Å². The van der Waals surface area contributed by atoms with Gasteiger partial charge in [-0.05, 0) is 30.7 Å². The summed E-state index contributed by atoms with van der Waals surface area (Å²) >= 11 is 0. The van der Waals surface area contributed by atoms with Crippen molar-refractivity contribution in [3.8, 4) is 5.75 Å². The van der Waals surface area contributed by atoms with Crippen LogP contribution in [0, 0.1) is 0 Å². The van der Waals surface area contributed by atoms with Crippen LogP contribution in [-0.4, -0.2) is 50.1 Å². The number of hydrogen-bond donors (Lipinski definition) is 1. The van der Waals surface area contributed by atoms with E-state index in [1.54, 1.807) is 19.9 Å². The van der Waals surface area contributed by atoms with E-state index in [2.05, 4.69) is 10.5 Å². The molecule has 0 aromatic heterocycles. The predicted octanol–water partition coefficient (Wildman–Crippen LogP) is 3.25. The minimum absolute atomic E-state index is 0.0866. The number of sulfonamides is 1. The van der Waals surface area contributed by atoms with E-state index in [4.69, 9.17) is 9.57 Å². The highest BCUT2D eigenvalue weighted by molar-refractivity contribution is 7.89. The predicted molar refractivity (Wildman–Crippen MR) is 119 cm³/mol. The quantitative estimate of drug-likeness (QED) is 0.639. The van der Waals surface area contributed by atoms with E-state index in [1.165, 1.54) is 16.4 Å². The summed E-state index contributed by atoms with van der Waals surface area (Å²) in [6, 6.07) is 13.9. The Labute approximate surface area is 182 Å². The van der Waals surface area contributed by atoms with Crippen LogP contribution in [0.1, 0.15) is 32.8 Å². The standard InChI is InChI=1S/C22H27N3O5S/c1-4-25(5-2)31(27,28)17-12-13-20(29-6-3)19(14-17)23-22(26)21-15-18(24-30-21)16-10-8-7-9-11-16/h7-14,21H,4-6,15H2,1-3H3,(H,23,26). The first-order chi connectivity index (χ1) is 14.9. The highest BCUT2D eigenvalue weighted by Gasteiger charge is 2.30. The molecule has 2 aromatic rings. The summed E-state index contributed by atoms with van der Waals surface area (Å²) in [5.41, 5.74) is 1.85. The zero-order valence-electron chi connectivity index (χ0n) is 17.9. The van der Waals surface area contributed by atoms with Gasteiger partial charge in [-0.3, -0.25) is 4.79 Å². The molecule has 2 aromatic carbocycles. The van der Waals surface area contributed by atoms with Gasteiger partial charge < -0.3 is 14.9 Å². The van der Waals surface area contributed by atoms with Gasteiger partial charge in [-0.1, -0.05) is 49.3 Å². The highest BCUT2D eigenvalue weighted by atomic mass is 32.2. The first kappa shape index (κ1) is 22.8. The van der Waals surface area contributed by atoms with Crippen molar-refractivity contribution in [1.29, 1.82) is 0 Å². The lowest BCUT2D eigenvalue weighted by Crippen LogP contribution is -2.31. The van der Waals surface area contributed by atoms with Gasteiger partial charge in [0.2, 0.25) is 16.1 Å². The largest absolute Gasteiger partial charge is 0.492 e. The van der Waals surface area contributed by atoms with E-state index in [0.29, 0.717) is 37.6 Å². The summed E-state index contributed by atoms with van der Waals surface area (Å²) in [7, 11) is -3.68. The van der Waals surface area contributed by atoms with Crippen LogP contribution in [0.5, 0.6) is 5.75 Å². The average molecular weight is 446 g/mol. The molecule has 0 radical (unpaired) electrons. The van der Waals surface area contributed by atoms with Crippen molar-refractivity contribution in [2.75, 3.05) is 25.0 Å². The van der Waals surface area contributed by atoms with Crippen LogP contribution in [0.25, 0.3) is 0 Å². The van der Waals surface area contributed by atoms with Gasteiger partial charge in [0.15, 0.2) is 0 Å². The smallest absolute Gasteiger partial charge is 0.268 e. The third-order valence-electron chi connectivity index (χ3n) is 4.92. The molecule has 1 heterocycles. The molecule has 1 aliphatic rings. The number of amides is 1. The van der Waals surface area contributed by atoms with Crippen molar-refractivity contribution < 1.29 is 22.8 Å². The van der Waals surface area contributed by atoms with Crippen LogP contribution >= 0.6 is 0 Å². The first-order valence-corrected chi connectivity index (χ1v) is 11.7. The van der Waals surface area contributed by atoms with Crippen molar-refractivity contribution in [3.05, 3.63) is 54.1 Å². The summed E-state index contributed by atoms with van der Waals surface area (Å²) < 4.78 is 32.7. The van der Waals surface area contributed by atoms with Gasteiger partial charge in [0, 0.05) is 19.5 Å². The van der Waals surface area contributed by atoms with Gasteiger partial charge >= 0.3 is 0 Å². The van der Waals surface area contributed by atoms with Gasteiger partial charge in [0.1, 0.15) is 5.75 Å². The molecule has 9 heteroatoms. The minimum Gasteiger partial charge on any atom is -0.492 e. The minimum atomic E-state index is -3.68. The molecule has 0 bridgehead atoms. The fourth-order valence-corrected chi connectivity index (χ4v) is 4.78. The fraction of sp³-hybridized carbons (Fsp3) is 0.364. The molecule has 0 saturated heterocycles. The number of nitrogens with one attached hydrogen (secondary N) is 1. The van der Waals surface area contributed by atoms with Crippen LogP contribution in [0.4, 0.5) is 5.69 Å². The lowest BCUT2D eigenvalue weighted by atomic mass is 10.0. The van der Waals surface area contributed by atoms with Crippen molar-refractivity contribution >= 4 is 27.3 Å². The van der Waals surface area contributed by atoms with Crippen LogP contribution in [0.2, 0.25) is 0 Å². The first-order valence-electron chi connectivity index (χ1n) is 10.3. The molecule has 1 N–H and O–H groups in total. The third-order valence-corrected chi connectivity index (χ3v) is 6.97. The Balaban J connectivity index is 1.80. The Bertz CT molecular complexity index is 1050. The number of carbonyl (C=O) groups is 1. The van der Waals surface area contributed by atoms with E-state index in [9.17, 15) is 13.2 Å². The van der Waals surface area contributed by atoms with Crippen molar-refractivity contribution in [3.63, 3.8) is 0 Å². The Morgan fingerprint density at radius 3 is 2.52 bits per heavy atom. The number of rotatable bonds is 9. The van der Waals surface area contributed by atoms with E-state index in [1.807, 2.05) is 37.3 Å². The number of hydrogen-bond acceptors (Lipinski definition) is 6. The Kier molecular flexibility index (Phi) is 7.29. The van der Waals surface area contributed by atoms with E-state index < -0.39 is 22.0 Å². The SMILES string of the molecule is CCOc1ccc(S(=O)(=O)N(CC)CC)cc1NC(=O)C1CC(c2ccccc2)=NO1. The second kappa shape index (κ2) is 9.93. The van der Waals surface area contributed by atoms with Gasteiger partial charge in [0.05, 0.1) is 22.9 Å². The molecular weight excluding hydrogens is 418 g/mol. The second-order valence-corrected chi connectivity index (χ2v) is 8.81.